The number of aliphatic carboxylic acids is 1. The zero-order chi connectivity index (χ0) is 13.7. The molecule has 1 aromatic carbocycles. The van der Waals surface area contributed by atoms with E-state index in [1.807, 2.05) is 24.3 Å². The van der Waals surface area contributed by atoms with Crippen LogP contribution < -0.4 is 0 Å². The molecule has 0 fully saturated rings. The van der Waals surface area contributed by atoms with Gasteiger partial charge in [-0.05, 0) is 23.3 Å². The van der Waals surface area contributed by atoms with Crippen LogP contribution in [-0.4, -0.2) is 16.1 Å². The minimum Gasteiger partial charge on any atom is -0.481 e. The smallest absolute Gasteiger partial charge is 0.307 e. The number of carboxylic acids is 1. The summed E-state index contributed by atoms with van der Waals surface area (Å²) >= 11 is 7.54. The molecule has 0 saturated heterocycles. The molecule has 0 aliphatic carbocycles. The molecule has 1 N–H and O–H groups in total. The summed E-state index contributed by atoms with van der Waals surface area (Å²) in [5.74, 6) is -0.173. The molecule has 3 nitrogen and oxygen atoms in total. The van der Waals surface area contributed by atoms with Crippen molar-refractivity contribution < 1.29 is 9.90 Å². The van der Waals surface area contributed by atoms with Gasteiger partial charge in [0.15, 0.2) is 0 Å². The molecule has 0 amide bonds. The first-order valence-corrected chi connectivity index (χ1v) is 7.05. The number of thioether (sulfide) groups is 1. The Balaban J connectivity index is 2.11. The van der Waals surface area contributed by atoms with E-state index in [-0.39, 0.29) is 6.42 Å². The maximum atomic E-state index is 10.8. The highest BCUT2D eigenvalue weighted by atomic mass is 35.5. The maximum absolute atomic E-state index is 10.8. The second-order valence-corrected chi connectivity index (χ2v) is 5.29. The third kappa shape index (κ3) is 3.98. The number of halogens is 1. The number of carboxylic acid groups (broad SMARTS) is 1. The van der Waals surface area contributed by atoms with Gasteiger partial charge in [0.25, 0.3) is 0 Å². The summed E-state index contributed by atoms with van der Waals surface area (Å²) in [5.41, 5.74) is 1.83. The van der Waals surface area contributed by atoms with Gasteiger partial charge in [0.1, 0.15) is 5.03 Å². The first-order valence-electron chi connectivity index (χ1n) is 5.68. The number of hydrogen-bond acceptors (Lipinski definition) is 3. The maximum Gasteiger partial charge on any atom is 0.307 e. The lowest BCUT2D eigenvalue weighted by Gasteiger charge is -2.07. The number of hydrogen-bond donors (Lipinski definition) is 1. The molecule has 0 bridgehead atoms. The van der Waals surface area contributed by atoms with Gasteiger partial charge in [0.2, 0.25) is 0 Å². The lowest BCUT2D eigenvalue weighted by Crippen LogP contribution is -2.02. The fourth-order valence-electron chi connectivity index (χ4n) is 1.66. The van der Waals surface area contributed by atoms with E-state index in [9.17, 15) is 4.79 Å². The summed E-state index contributed by atoms with van der Waals surface area (Å²) in [6, 6.07) is 11.1. The van der Waals surface area contributed by atoms with E-state index in [0.717, 1.165) is 16.2 Å². The molecule has 5 heteroatoms. The van der Waals surface area contributed by atoms with E-state index in [1.165, 1.54) is 11.8 Å². The molecule has 0 saturated carbocycles. The molecule has 2 aromatic rings. The first kappa shape index (κ1) is 13.9. The molecule has 0 radical (unpaired) electrons. The topological polar surface area (TPSA) is 50.2 Å². The lowest BCUT2D eigenvalue weighted by atomic mass is 10.1. The molecule has 19 heavy (non-hydrogen) atoms. The van der Waals surface area contributed by atoms with Crippen LogP contribution in [0.25, 0.3) is 0 Å². The fourth-order valence-corrected chi connectivity index (χ4v) is 2.86. The quantitative estimate of drug-likeness (QED) is 0.855. The molecule has 1 aromatic heterocycles. The fraction of sp³-hybridized carbons (Fsp3) is 0.143. The van der Waals surface area contributed by atoms with Crippen LogP contribution in [0.15, 0.2) is 47.6 Å². The minimum atomic E-state index is -0.826. The highest BCUT2D eigenvalue weighted by Gasteiger charge is 2.08. The Morgan fingerprint density at radius 1 is 1.21 bits per heavy atom. The Hall–Kier alpha value is -1.52. The number of pyridine rings is 1. The zero-order valence-electron chi connectivity index (χ0n) is 10.0. The summed E-state index contributed by atoms with van der Waals surface area (Å²) in [6.07, 6.45) is 1.73. The van der Waals surface area contributed by atoms with Crippen molar-refractivity contribution >= 4 is 29.3 Å². The van der Waals surface area contributed by atoms with Crippen LogP contribution in [0.3, 0.4) is 0 Å². The van der Waals surface area contributed by atoms with E-state index >= 15 is 0 Å². The van der Waals surface area contributed by atoms with E-state index in [1.54, 1.807) is 18.3 Å². The second kappa shape index (κ2) is 6.59. The van der Waals surface area contributed by atoms with Crippen molar-refractivity contribution in [1.82, 2.24) is 4.98 Å². The molecule has 2 rings (SSSR count). The van der Waals surface area contributed by atoms with Crippen molar-refractivity contribution in [3.8, 4) is 0 Å². The predicted molar refractivity (Wildman–Crippen MR) is 76.6 cm³/mol. The standard InChI is InChI=1S/C14H12ClNO2S/c15-12-6-3-7-16-14(12)19-9-11-5-2-1-4-10(11)8-13(17)18/h1-7H,8-9H2,(H,17,18). The first-order chi connectivity index (χ1) is 9.16. The Kier molecular flexibility index (Phi) is 4.82. The molecule has 0 aliphatic heterocycles. The van der Waals surface area contributed by atoms with E-state index in [0.29, 0.717) is 10.8 Å². The van der Waals surface area contributed by atoms with Crippen molar-refractivity contribution in [3.05, 3.63) is 58.7 Å². The van der Waals surface area contributed by atoms with Gasteiger partial charge in [-0.25, -0.2) is 4.98 Å². The van der Waals surface area contributed by atoms with Gasteiger partial charge in [-0.15, -0.1) is 11.8 Å². The van der Waals surface area contributed by atoms with Crippen molar-refractivity contribution in [2.24, 2.45) is 0 Å². The molecule has 0 atom stereocenters. The average molecular weight is 294 g/mol. The van der Waals surface area contributed by atoms with Gasteiger partial charge >= 0.3 is 5.97 Å². The normalized spacial score (nSPS) is 10.4. The molecule has 98 valence electrons. The second-order valence-electron chi connectivity index (χ2n) is 3.92. The average Bonchev–Trinajstić information content (AvgIpc) is 2.39. The molecule has 0 unspecified atom stereocenters. The predicted octanol–water partition coefficient (Wildman–Crippen LogP) is 3.65. The number of rotatable bonds is 5. The Morgan fingerprint density at radius 2 is 1.95 bits per heavy atom. The molecular formula is C14H12ClNO2S. The zero-order valence-corrected chi connectivity index (χ0v) is 11.6. The number of carbonyl (C=O) groups is 1. The van der Waals surface area contributed by atoms with E-state index in [2.05, 4.69) is 4.98 Å². The van der Waals surface area contributed by atoms with Gasteiger partial charge < -0.3 is 5.11 Å². The molecule has 0 spiro atoms. The molecular weight excluding hydrogens is 282 g/mol. The number of aromatic nitrogens is 1. The van der Waals surface area contributed by atoms with Gasteiger partial charge in [0, 0.05) is 11.9 Å². The van der Waals surface area contributed by atoms with Crippen molar-refractivity contribution in [2.45, 2.75) is 17.2 Å². The highest BCUT2D eigenvalue weighted by Crippen LogP contribution is 2.28. The van der Waals surface area contributed by atoms with Crippen LogP contribution >= 0.6 is 23.4 Å². The van der Waals surface area contributed by atoms with Crippen LogP contribution in [0.1, 0.15) is 11.1 Å². The van der Waals surface area contributed by atoms with Crippen LogP contribution in [0, 0.1) is 0 Å². The van der Waals surface area contributed by atoms with Gasteiger partial charge in [-0.2, -0.15) is 0 Å². The van der Waals surface area contributed by atoms with Gasteiger partial charge in [-0.1, -0.05) is 35.9 Å². The lowest BCUT2D eigenvalue weighted by molar-refractivity contribution is -0.136. The Morgan fingerprint density at radius 3 is 2.63 bits per heavy atom. The molecule has 0 aliphatic rings. The Labute approximate surface area is 120 Å². The van der Waals surface area contributed by atoms with Gasteiger partial charge in [0.05, 0.1) is 11.4 Å². The molecule has 1 heterocycles. The van der Waals surface area contributed by atoms with Gasteiger partial charge in [-0.3, -0.25) is 4.79 Å². The van der Waals surface area contributed by atoms with Crippen molar-refractivity contribution in [1.29, 1.82) is 0 Å². The summed E-state index contributed by atoms with van der Waals surface area (Å²) in [7, 11) is 0. The van der Waals surface area contributed by atoms with Crippen LogP contribution in [0.4, 0.5) is 0 Å². The van der Waals surface area contributed by atoms with Crippen LogP contribution in [-0.2, 0) is 17.0 Å². The summed E-state index contributed by atoms with van der Waals surface area (Å²) in [6.45, 7) is 0. The Bertz CT molecular complexity index is 589. The number of nitrogens with zero attached hydrogens (tertiary/aromatic N) is 1. The van der Waals surface area contributed by atoms with E-state index < -0.39 is 5.97 Å². The SMILES string of the molecule is O=C(O)Cc1ccccc1CSc1ncccc1Cl. The summed E-state index contributed by atoms with van der Waals surface area (Å²) < 4.78 is 0. The largest absolute Gasteiger partial charge is 0.481 e. The highest BCUT2D eigenvalue weighted by molar-refractivity contribution is 7.98. The third-order valence-corrected chi connectivity index (χ3v) is 4.02. The summed E-state index contributed by atoms with van der Waals surface area (Å²) in [5, 5.41) is 10.3. The summed E-state index contributed by atoms with van der Waals surface area (Å²) in [4.78, 5) is 15.0. The van der Waals surface area contributed by atoms with Crippen LogP contribution in [0.5, 0.6) is 0 Å². The van der Waals surface area contributed by atoms with Crippen molar-refractivity contribution in [2.75, 3.05) is 0 Å². The van der Waals surface area contributed by atoms with E-state index in [4.69, 9.17) is 16.7 Å². The van der Waals surface area contributed by atoms with Crippen LogP contribution in [0.2, 0.25) is 5.02 Å². The number of benzene rings is 1. The third-order valence-electron chi connectivity index (χ3n) is 2.55. The monoisotopic (exact) mass is 293 g/mol. The minimum absolute atomic E-state index is 0.0344. The van der Waals surface area contributed by atoms with Crippen molar-refractivity contribution in [3.63, 3.8) is 0 Å².